The maximum absolute atomic E-state index is 13.9. The fraction of sp³-hybridized carbons (Fsp3) is 0.632. The third-order valence-corrected chi connectivity index (χ3v) is 7.60. The minimum Gasteiger partial charge on any atom is -0.462 e. The number of halogens is 5. The van der Waals surface area contributed by atoms with Gasteiger partial charge < -0.3 is 4.74 Å². The van der Waals surface area contributed by atoms with Gasteiger partial charge in [-0.15, -0.1) is 0 Å². The van der Waals surface area contributed by atoms with Crippen LogP contribution in [0.15, 0.2) is 23.1 Å². The maximum atomic E-state index is 13.9. The predicted molar refractivity (Wildman–Crippen MR) is 95.7 cm³/mol. The van der Waals surface area contributed by atoms with Crippen LogP contribution < -0.4 is 0 Å². The van der Waals surface area contributed by atoms with Gasteiger partial charge in [0.05, 0.1) is 11.8 Å². The van der Waals surface area contributed by atoms with Crippen molar-refractivity contribution in [3.05, 3.63) is 29.8 Å². The highest BCUT2D eigenvalue weighted by Gasteiger charge is 2.48. The Morgan fingerprint density at radius 1 is 1.03 bits per heavy atom. The van der Waals surface area contributed by atoms with Crippen LogP contribution in [0.1, 0.15) is 38.5 Å². The monoisotopic (exact) mass is 455 g/mol. The fourth-order valence-corrected chi connectivity index (χ4v) is 5.55. The Labute approximate surface area is 171 Å². The molecule has 1 aromatic carbocycles. The molecule has 2 aliphatic rings. The van der Waals surface area contributed by atoms with E-state index >= 15 is 0 Å². The number of sulfonamides is 1. The molecule has 3 rings (SSSR count). The molecule has 0 amide bonds. The molecule has 0 N–H and O–H groups in total. The maximum Gasteiger partial charge on any atom is 0.395 e. The number of carbonyl (C=O) groups is 1. The van der Waals surface area contributed by atoms with Crippen molar-refractivity contribution in [1.82, 2.24) is 4.31 Å². The number of alkyl halides is 3. The number of piperidine rings is 1. The van der Waals surface area contributed by atoms with Crippen LogP contribution >= 0.6 is 0 Å². The summed E-state index contributed by atoms with van der Waals surface area (Å²) in [4.78, 5) is 11.6. The molecule has 5 nitrogen and oxygen atoms in total. The topological polar surface area (TPSA) is 63.7 Å². The summed E-state index contributed by atoms with van der Waals surface area (Å²) in [6, 6.07) is 2.11. The zero-order valence-electron chi connectivity index (χ0n) is 16.0. The van der Waals surface area contributed by atoms with Crippen LogP contribution in [0.5, 0.6) is 0 Å². The van der Waals surface area contributed by atoms with Crippen molar-refractivity contribution in [3.8, 4) is 0 Å². The van der Waals surface area contributed by atoms with Gasteiger partial charge in [0.25, 0.3) is 0 Å². The van der Waals surface area contributed by atoms with Gasteiger partial charge in [-0.05, 0) is 50.3 Å². The van der Waals surface area contributed by atoms with Crippen molar-refractivity contribution in [2.75, 3.05) is 13.1 Å². The summed E-state index contributed by atoms with van der Waals surface area (Å²) in [5.74, 6) is -5.20. The second-order valence-corrected chi connectivity index (χ2v) is 9.57. The highest BCUT2D eigenvalue weighted by molar-refractivity contribution is 7.89. The smallest absolute Gasteiger partial charge is 0.395 e. The van der Waals surface area contributed by atoms with Crippen molar-refractivity contribution >= 4 is 16.0 Å². The third kappa shape index (κ3) is 4.93. The summed E-state index contributed by atoms with van der Waals surface area (Å²) in [6.45, 7) is -0.295. The minimum absolute atomic E-state index is 0.0262. The molecule has 2 fully saturated rings. The zero-order chi connectivity index (χ0) is 22.1. The van der Waals surface area contributed by atoms with Crippen LogP contribution in [0.3, 0.4) is 0 Å². The number of hydrogen-bond donors (Lipinski definition) is 0. The summed E-state index contributed by atoms with van der Waals surface area (Å²) < 4.78 is 98.0. The molecule has 0 spiro atoms. The Bertz CT molecular complexity index is 881. The average Bonchev–Trinajstić information content (AvgIpc) is 2.69. The molecule has 1 aliphatic carbocycles. The molecule has 1 aromatic rings. The second-order valence-electron chi connectivity index (χ2n) is 7.66. The number of esters is 1. The van der Waals surface area contributed by atoms with Gasteiger partial charge in [-0.25, -0.2) is 17.2 Å². The van der Waals surface area contributed by atoms with E-state index in [1.807, 2.05) is 0 Å². The van der Waals surface area contributed by atoms with Crippen molar-refractivity contribution in [2.45, 2.75) is 55.7 Å². The molecule has 0 bridgehead atoms. The number of ether oxygens (including phenoxy) is 1. The van der Waals surface area contributed by atoms with E-state index < -0.39 is 56.6 Å². The molecule has 1 saturated heterocycles. The van der Waals surface area contributed by atoms with E-state index in [-0.39, 0.29) is 38.8 Å². The van der Waals surface area contributed by atoms with Gasteiger partial charge in [0.1, 0.15) is 22.6 Å². The van der Waals surface area contributed by atoms with E-state index in [1.54, 1.807) is 0 Å². The van der Waals surface area contributed by atoms with Crippen LogP contribution in [-0.4, -0.2) is 44.1 Å². The van der Waals surface area contributed by atoms with Gasteiger partial charge in [0, 0.05) is 13.1 Å². The average molecular weight is 455 g/mol. The molecule has 0 unspecified atom stereocenters. The minimum atomic E-state index is -4.45. The van der Waals surface area contributed by atoms with E-state index in [0.717, 1.165) is 10.4 Å². The number of benzene rings is 1. The van der Waals surface area contributed by atoms with Crippen molar-refractivity contribution in [1.29, 1.82) is 0 Å². The summed E-state index contributed by atoms with van der Waals surface area (Å²) in [6.07, 6.45) is -4.60. The van der Waals surface area contributed by atoms with E-state index in [0.29, 0.717) is 25.0 Å². The molecule has 0 radical (unpaired) electrons. The van der Waals surface area contributed by atoms with Gasteiger partial charge in [-0.2, -0.15) is 17.5 Å². The Morgan fingerprint density at radius 2 is 1.67 bits per heavy atom. The number of hydrogen-bond acceptors (Lipinski definition) is 4. The Hall–Kier alpha value is -1.75. The lowest BCUT2D eigenvalue weighted by Gasteiger charge is -2.35. The van der Waals surface area contributed by atoms with Crippen LogP contribution in [0, 0.1) is 23.5 Å². The predicted octanol–water partition coefficient (Wildman–Crippen LogP) is 4.03. The fourth-order valence-electron chi connectivity index (χ4n) is 4.00. The van der Waals surface area contributed by atoms with E-state index in [2.05, 4.69) is 0 Å². The highest BCUT2D eigenvalue weighted by Crippen LogP contribution is 2.40. The van der Waals surface area contributed by atoms with Crippen molar-refractivity contribution in [2.24, 2.45) is 11.8 Å². The normalized spacial score (nSPS) is 24.6. The lowest BCUT2D eigenvalue weighted by molar-refractivity contribution is -0.217. The highest BCUT2D eigenvalue weighted by atomic mass is 32.2. The number of carbonyl (C=O) groups excluding carboxylic acids is 1. The quantitative estimate of drug-likeness (QED) is 0.508. The van der Waals surface area contributed by atoms with Crippen molar-refractivity contribution in [3.63, 3.8) is 0 Å². The first kappa shape index (κ1) is 22.9. The Kier molecular flexibility index (Phi) is 6.71. The van der Waals surface area contributed by atoms with Crippen LogP contribution in [0.2, 0.25) is 0 Å². The lowest BCUT2D eigenvalue weighted by Crippen LogP contribution is -2.43. The molecule has 1 aliphatic heterocycles. The van der Waals surface area contributed by atoms with Gasteiger partial charge in [0.15, 0.2) is 0 Å². The largest absolute Gasteiger partial charge is 0.462 e. The van der Waals surface area contributed by atoms with E-state index in [4.69, 9.17) is 4.74 Å². The number of rotatable bonds is 4. The molecule has 1 saturated carbocycles. The van der Waals surface area contributed by atoms with Crippen molar-refractivity contribution < 1.29 is 39.9 Å². The number of nitrogens with zero attached hydrogens (tertiary/aromatic N) is 1. The molecule has 2 atom stereocenters. The van der Waals surface area contributed by atoms with E-state index in [9.17, 15) is 35.2 Å². The third-order valence-electron chi connectivity index (χ3n) is 5.69. The first-order valence-electron chi connectivity index (χ1n) is 9.72. The lowest BCUT2D eigenvalue weighted by atomic mass is 9.85. The molecule has 0 aromatic heterocycles. The van der Waals surface area contributed by atoms with Gasteiger partial charge >= 0.3 is 12.1 Å². The van der Waals surface area contributed by atoms with Gasteiger partial charge in [-0.3, -0.25) is 4.79 Å². The van der Waals surface area contributed by atoms with Crippen LogP contribution in [0.25, 0.3) is 0 Å². The first-order chi connectivity index (χ1) is 14.0. The van der Waals surface area contributed by atoms with Crippen LogP contribution in [0.4, 0.5) is 22.0 Å². The molecular weight excluding hydrogens is 433 g/mol. The first-order valence-corrected chi connectivity index (χ1v) is 11.2. The Morgan fingerprint density at radius 3 is 2.30 bits per heavy atom. The summed E-state index contributed by atoms with van der Waals surface area (Å²) >= 11 is 0. The summed E-state index contributed by atoms with van der Waals surface area (Å²) in [7, 11) is -4.30. The molecule has 30 heavy (non-hydrogen) atoms. The standard InChI is InChI=1S/C19H22F5NO4S/c20-13-5-6-15(21)17(11-13)30(27,28)25-9-7-12(8-10-25)18(26)29-16-4-2-1-3-14(16)19(22,23)24/h5-6,11-12,14,16H,1-4,7-10H2/t14-,16+/m0/s1. The van der Waals surface area contributed by atoms with Gasteiger partial charge in [0.2, 0.25) is 10.0 Å². The molecule has 168 valence electrons. The Balaban J connectivity index is 1.62. The van der Waals surface area contributed by atoms with E-state index in [1.165, 1.54) is 0 Å². The zero-order valence-corrected chi connectivity index (χ0v) is 16.8. The van der Waals surface area contributed by atoms with Gasteiger partial charge in [-0.1, -0.05) is 6.42 Å². The van der Waals surface area contributed by atoms with Crippen LogP contribution in [-0.2, 0) is 19.6 Å². The SMILES string of the molecule is O=C(O[C@@H]1CCCC[C@@H]1C(F)(F)F)C1CCN(S(=O)(=O)c2cc(F)ccc2F)CC1. The molecular formula is C19H22F5NO4S. The molecule has 11 heteroatoms. The summed E-state index contributed by atoms with van der Waals surface area (Å²) in [5, 5.41) is 0. The molecule has 1 heterocycles. The summed E-state index contributed by atoms with van der Waals surface area (Å²) in [5.41, 5.74) is 0. The second kappa shape index (κ2) is 8.78.